The van der Waals surface area contributed by atoms with E-state index in [9.17, 15) is 4.79 Å². The van der Waals surface area contributed by atoms with Crippen molar-refractivity contribution in [2.75, 3.05) is 54.2 Å². The molecule has 2 atom stereocenters. The van der Waals surface area contributed by atoms with E-state index in [1.807, 2.05) is 11.9 Å². The molecule has 29 heavy (non-hydrogen) atoms. The Hall–Kier alpha value is -1.05. The zero-order chi connectivity index (χ0) is 21.2. The minimum Gasteiger partial charge on any atom is -0.484 e. The molecule has 0 N–H and O–H groups in total. The van der Waals surface area contributed by atoms with Crippen molar-refractivity contribution in [1.82, 2.24) is 9.80 Å². The lowest BCUT2D eigenvalue weighted by molar-refractivity contribution is -0.136. The lowest BCUT2D eigenvalue weighted by Crippen LogP contribution is -2.55. The summed E-state index contributed by atoms with van der Waals surface area (Å²) < 4.78 is 16.2. The highest BCUT2D eigenvalue weighted by Crippen LogP contribution is 2.28. The summed E-state index contributed by atoms with van der Waals surface area (Å²) in [7, 11) is 5.29. The molecule has 0 aromatic heterocycles. The largest absolute Gasteiger partial charge is 0.484 e. The Morgan fingerprint density at radius 2 is 1.66 bits per heavy atom. The molecule has 1 fully saturated rings. The summed E-state index contributed by atoms with van der Waals surface area (Å²) in [5.41, 5.74) is 0. The van der Waals surface area contributed by atoms with Crippen LogP contribution in [0.2, 0.25) is 10.0 Å². The highest BCUT2D eigenvalue weighted by atomic mass is 35.5. The Bertz CT molecular complexity index is 639. The number of hydrogen-bond donors (Lipinski definition) is 0. The third-order valence-corrected chi connectivity index (χ3v) is 6.21. The van der Waals surface area contributed by atoms with Crippen LogP contribution >= 0.6 is 23.2 Å². The Labute approximate surface area is 184 Å². The first-order valence-corrected chi connectivity index (χ1v) is 10.8. The van der Waals surface area contributed by atoms with Crippen molar-refractivity contribution in [3.8, 4) is 5.75 Å². The molecule has 0 radical (unpaired) electrons. The number of nitrogens with zero attached hydrogens (tertiary/aromatic N) is 2. The Balaban J connectivity index is 2.00. The smallest absolute Gasteiger partial charge is 0.260 e. The summed E-state index contributed by atoms with van der Waals surface area (Å²) in [4.78, 5) is 17.1. The van der Waals surface area contributed by atoms with Gasteiger partial charge in [-0.3, -0.25) is 9.69 Å². The van der Waals surface area contributed by atoms with Crippen LogP contribution in [-0.2, 0) is 14.3 Å². The number of hydrogen-bond acceptors (Lipinski definition) is 5. The van der Waals surface area contributed by atoms with E-state index >= 15 is 0 Å². The minimum atomic E-state index is -0.0496. The van der Waals surface area contributed by atoms with E-state index in [1.165, 1.54) is 6.42 Å². The fourth-order valence-electron chi connectivity index (χ4n) is 3.83. The first-order chi connectivity index (χ1) is 14.0. The molecule has 164 valence electrons. The maximum Gasteiger partial charge on any atom is 0.260 e. The number of likely N-dealkylation sites (N-methyl/N-ethyl adjacent to an activating group) is 1. The van der Waals surface area contributed by atoms with E-state index < -0.39 is 0 Å². The number of methoxy groups -OCH3 is 2. The summed E-state index contributed by atoms with van der Waals surface area (Å²) >= 11 is 11.9. The van der Waals surface area contributed by atoms with Gasteiger partial charge in [-0.1, -0.05) is 36.0 Å². The first-order valence-electron chi connectivity index (χ1n) is 10.0. The van der Waals surface area contributed by atoms with Crippen molar-refractivity contribution >= 4 is 29.1 Å². The number of carbonyl (C=O) groups is 1. The molecule has 1 amide bonds. The van der Waals surface area contributed by atoms with E-state index in [2.05, 4.69) is 4.90 Å². The van der Waals surface area contributed by atoms with E-state index in [0.29, 0.717) is 29.0 Å². The Kier molecular flexibility index (Phi) is 10.5. The van der Waals surface area contributed by atoms with Crippen molar-refractivity contribution in [3.05, 3.63) is 28.2 Å². The van der Waals surface area contributed by atoms with Gasteiger partial charge in [0, 0.05) is 52.5 Å². The second kappa shape index (κ2) is 12.6. The van der Waals surface area contributed by atoms with E-state index in [-0.39, 0.29) is 24.6 Å². The highest BCUT2D eigenvalue weighted by Gasteiger charge is 2.34. The molecule has 0 unspecified atom stereocenters. The van der Waals surface area contributed by atoms with Gasteiger partial charge in [-0.25, -0.2) is 0 Å². The monoisotopic (exact) mass is 446 g/mol. The summed E-state index contributed by atoms with van der Waals surface area (Å²) in [6.07, 6.45) is 4.33. The quantitative estimate of drug-likeness (QED) is 0.518. The van der Waals surface area contributed by atoms with Crippen LogP contribution in [0.3, 0.4) is 0 Å². The summed E-state index contributed by atoms with van der Waals surface area (Å²) in [5.74, 6) is 0.481. The number of ether oxygens (including phenoxy) is 3. The van der Waals surface area contributed by atoms with Gasteiger partial charge in [0.15, 0.2) is 6.61 Å². The summed E-state index contributed by atoms with van der Waals surface area (Å²) in [5, 5.41) is 0.865. The van der Waals surface area contributed by atoms with Gasteiger partial charge in [0.25, 0.3) is 5.91 Å². The van der Waals surface area contributed by atoms with Crippen LogP contribution in [0.25, 0.3) is 0 Å². The topological polar surface area (TPSA) is 51.2 Å². The SMILES string of the molecule is COCCN(CCOC)[C@@H]1CCCC[C@H]1N(C)C(=O)COc1ccc(Cl)c(Cl)c1. The predicted molar refractivity (Wildman–Crippen MR) is 116 cm³/mol. The lowest BCUT2D eigenvalue weighted by atomic mass is 9.88. The molecule has 8 heteroatoms. The molecular weight excluding hydrogens is 415 g/mol. The molecule has 1 saturated carbocycles. The standard InChI is InChI=1S/C21H32Cl2N2O4/c1-24(21(26)15-29-16-8-9-17(22)18(23)14-16)19-6-4-5-7-20(19)25(10-12-27-2)11-13-28-3/h8-9,14,19-20H,4-7,10-13,15H2,1-3H3/t19-,20-/m1/s1. The normalized spacial score (nSPS) is 19.4. The molecular formula is C21H32Cl2N2O4. The van der Waals surface area contributed by atoms with Crippen molar-refractivity contribution in [1.29, 1.82) is 0 Å². The number of rotatable bonds is 11. The second-order valence-electron chi connectivity index (χ2n) is 7.31. The molecule has 0 spiro atoms. The van der Waals surface area contributed by atoms with Gasteiger partial charge in [0.05, 0.1) is 23.3 Å². The van der Waals surface area contributed by atoms with Crippen molar-refractivity contribution in [2.24, 2.45) is 0 Å². The molecule has 0 bridgehead atoms. The third kappa shape index (κ3) is 7.30. The van der Waals surface area contributed by atoms with Crippen LogP contribution in [0, 0.1) is 0 Å². The fraction of sp³-hybridized carbons (Fsp3) is 0.667. The summed E-state index contributed by atoms with van der Waals surface area (Å²) in [6.45, 7) is 2.93. The molecule has 0 saturated heterocycles. The van der Waals surface area contributed by atoms with Gasteiger partial charge in [-0.2, -0.15) is 0 Å². The summed E-state index contributed by atoms with van der Waals surface area (Å²) in [6, 6.07) is 5.42. The second-order valence-corrected chi connectivity index (χ2v) is 8.12. The average molecular weight is 447 g/mol. The third-order valence-electron chi connectivity index (χ3n) is 5.47. The van der Waals surface area contributed by atoms with Gasteiger partial charge >= 0.3 is 0 Å². The fourth-order valence-corrected chi connectivity index (χ4v) is 4.12. The van der Waals surface area contributed by atoms with Crippen molar-refractivity contribution in [3.63, 3.8) is 0 Å². The Morgan fingerprint density at radius 1 is 1.03 bits per heavy atom. The van der Waals surface area contributed by atoms with Gasteiger partial charge in [0.1, 0.15) is 5.75 Å². The predicted octanol–water partition coefficient (Wildman–Crippen LogP) is 3.74. The first kappa shape index (κ1) is 24.2. The van der Waals surface area contributed by atoms with Crippen LogP contribution in [0.1, 0.15) is 25.7 Å². The molecule has 1 aliphatic carbocycles. The minimum absolute atomic E-state index is 0.0339. The van der Waals surface area contributed by atoms with Crippen molar-refractivity contribution in [2.45, 2.75) is 37.8 Å². The highest BCUT2D eigenvalue weighted by molar-refractivity contribution is 6.42. The molecule has 0 heterocycles. The van der Waals surface area contributed by atoms with Crippen LogP contribution < -0.4 is 4.74 Å². The van der Waals surface area contributed by atoms with Gasteiger partial charge in [-0.15, -0.1) is 0 Å². The van der Waals surface area contributed by atoms with Crippen LogP contribution in [-0.4, -0.2) is 82.0 Å². The van der Waals surface area contributed by atoms with E-state index in [1.54, 1.807) is 32.4 Å². The lowest BCUT2D eigenvalue weighted by Gasteiger charge is -2.43. The maximum absolute atomic E-state index is 12.8. The van der Waals surface area contributed by atoms with E-state index in [0.717, 1.165) is 32.4 Å². The molecule has 6 nitrogen and oxygen atoms in total. The molecule has 1 aromatic rings. The van der Waals surface area contributed by atoms with Crippen LogP contribution in [0.4, 0.5) is 0 Å². The number of halogens is 2. The molecule has 1 aliphatic rings. The van der Waals surface area contributed by atoms with Gasteiger partial charge in [-0.05, 0) is 25.0 Å². The van der Waals surface area contributed by atoms with E-state index in [4.69, 9.17) is 37.4 Å². The van der Waals surface area contributed by atoms with Gasteiger partial charge in [0.2, 0.25) is 0 Å². The zero-order valence-electron chi connectivity index (χ0n) is 17.5. The molecule has 0 aliphatic heterocycles. The number of amides is 1. The molecule has 2 rings (SSSR count). The Morgan fingerprint density at radius 3 is 2.24 bits per heavy atom. The average Bonchev–Trinajstić information content (AvgIpc) is 2.74. The van der Waals surface area contributed by atoms with Gasteiger partial charge < -0.3 is 19.1 Å². The van der Waals surface area contributed by atoms with Crippen LogP contribution in [0.5, 0.6) is 5.75 Å². The zero-order valence-corrected chi connectivity index (χ0v) is 19.0. The number of benzene rings is 1. The number of carbonyl (C=O) groups excluding carboxylic acids is 1. The maximum atomic E-state index is 12.8. The molecule has 1 aromatic carbocycles. The van der Waals surface area contributed by atoms with Crippen LogP contribution in [0.15, 0.2) is 18.2 Å². The van der Waals surface area contributed by atoms with Crippen molar-refractivity contribution < 1.29 is 19.0 Å².